The number of H-pyrrole nitrogens is 1. The highest BCUT2D eigenvalue weighted by Gasteiger charge is 2.15. The zero-order chi connectivity index (χ0) is 13.7. The van der Waals surface area contributed by atoms with Crippen LogP contribution in [0.25, 0.3) is 16.9 Å². The summed E-state index contributed by atoms with van der Waals surface area (Å²) in [4.78, 5) is 3.21. The van der Waals surface area contributed by atoms with Gasteiger partial charge in [-0.05, 0) is 43.8 Å². The molecule has 0 spiro atoms. The fourth-order valence-electron chi connectivity index (χ4n) is 2.37. The summed E-state index contributed by atoms with van der Waals surface area (Å²) in [5.41, 5.74) is 4.83. The Morgan fingerprint density at radius 3 is 2.79 bits per heavy atom. The Labute approximate surface area is 120 Å². The van der Waals surface area contributed by atoms with E-state index < -0.39 is 0 Å². The van der Waals surface area contributed by atoms with Crippen molar-refractivity contribution in [1.82, 2.24) is 19.3 Å². The molecule has 19 heavy (non-hydrogen) atoms. The average Bonchev–Trinajstić information content (AvgIpc) is 2.82. The summed E-state index contributed by atoms with van der Waals surface area (Å²) in [5, 5.41) is 5.14. The summed E-state index contributed by atoms with van der Waals surface area (Å²) in [7, 11) is 1.91. The minimum absolute atomic E-state index is 0.650. The molecule has 2 aromatic heterocycles. The highest BCUT2D eigenvalue weighted by Crippen LogP contribution is 2.27. The van der Waals surface area contributed by atoms with E-state index in [1.54, 1.807) is 0 Å². The molecule has 0 saturated heterocycles. The van der Waals surface area contributed by atoms with Crippen molar-refractivity contribution in [3.8, 4) is 5.69 Å². The number of aromatic nitrogens is 4. The molecule has 3 rings (SSSR count). The number of nitrogens with one attached hydrogen (secondary N) is 1. The molecule has 1 aromatic carbocycles. The monoisotopic (exact) mass is 292 g/mol. The van der Waals surface area contributed by atoms with E-state index >= 15 is 0 Å². The summed E-state index contributed by atoms with van der Waals surface area (Å²) in [6.45, 7) is 3.95. The standard InChI is InChI=1S/C13H13ClN4S/c1-7-9(14)5-4-6-10(7)18-12-11(15-13(18)19)8(2)16-17(12)3/h4-6H,1-3H3,(H,15,19). The van der Waals surface area contributed by atoms with Crippen LogP contribution in [0.4, 0.5) is 0 Å². The number of halogens is 1. The van der Waals surface area contributed by atoms with Crippen molar-refractivity contribution in [3.63, 3.8) is 0 Å². The number of hydrogen-bond donors (Lipinski definition) is 1. The van der Waals surface area contributed by atoms with E-state index in [9.17, 15) is 0 Å². The lowest BCUT2D eigenvalue weighted by molar-refractivity contribution is 0.759. The van der Waals surface area contributed by atoms with Crippen LogP contribution < -0.4 is 0 Å². The van der Waals surface area contributed by atoms with Gasteiger partial charge in [0.25, 0.3) is 0 Å². The molecule has 0 amide bonds. The highest BCUT2D eigenvalue weighted by atomic mass is 35.5. The second kappa shape index (κ2) is 4.21. The zero-order valence-corrected chi connectivity index (χ0v) is 12.4. The van der Waals surface area contributed by atoms with Gasteiger partial charge >= 0.3 is 0 Å². The van der Waals surface area contributed by atoms with Gasteiger partial charge < -0.3 is 4.98 Å². The maximum atomic E-state index is 6.20. The van der Waals surface area contributed by atoms with Gasteiger partial charge in [0.2, 0.25) is 0 Å². The Bertz CT molecular complexity index is 840. The van der Waals surface area contributed by atoms with Crippen LogP contribution in [0.5, 0.6) is 0 Å². The van der Waals surface area contributed by atoms with Crippen molar-refractivity contribution in [2.24, 2.45) is 7.05 Å². The van der Waals surface area contributed by atoms with Crippen LogP contribution in [0.2, 0.25) is 5.02 Å². The Hall–Kier alpha value is -1.59. The van der Waals surface area contributed by atoms with Gasteiger partial charge in [-0.15, -0.1) is 0 Å². The third kappa shape index (κ3) is 1.73. The van der Waals surface area contributed by atoms with Gasteiger partial charge in [0.15, 0.2) is 10.4 Å². The van der Waals surface area contributed by atoms with Gasteiger partial charge in [0.05, 0.1) is 11.4 Å². The molecular formula is C13H13ClN4S. The third-order valence-electron chi connectivity index (χ3n) is 3.32. The van der Waals surface area contributed by atoms with Gasteiger partial charge in [-0.25, -0.2) is 4.68 Å². The minimum Gasteiger partial charge on any atom is -0.327 e. The maximum absolute atomic E-state index is 6.20. The van der Waals surface area contributed by atoms with E-state index in [1.165, 1.54) is 0 Å². The van der Waals surface area contributed by atoms with Crippen molar-refractivity contribution in [1.29, 1.82) is 0 Å². The predicted molar refractivity (Wildman–Crippen MR) is 79.7 cm³/mol. The SMILES string of the molecule is Cc1c(Cl)cccc1-n1c(=S)[nH]c2c(C)nn(C)c21. The number of imidazole rings is 1. The van der Waals surface area contributed by atoms with Gasteiger partial charge in [0.1, 0.15) is 5.52 Å². The van der Waals surface area contributed by atoms with Crippen LogP contribution in [-0.4, -0.2) is 19.3 Å². The number of rotatable bonds is 1. The second-order valence-electron chi connectivity index (χ2n) is 4.56. The summed E-state index contributed by atoms with van der Waals surface area (Å²) >= 11 is 11.6. The molecule has 3 aromatic rings. The van der Waals surface area contributed by atoms with Crippen molar-refractivity contribution in [3.05, 3.63) is 39.3 Å². The molecule has 4 nitrogen and oxygen atoms in total. The van der Waals surface area contributed by atoms with Crippen LogP contribution in [0.3, 0.4) is 0 Å². The number of hydrogen-bond acceptors (Lipinski definition) is 2. The van der Waals surface area contributed by atoms with Gasteiger partial charge in [-0.3, -0.25) is 4.57 Å². The van der Waals surface area contributed by atoms with E-state index in [4.69, 9.17) is 23.8 Å². The summed E-state index contributed by atoms with van der Waals surface area (Å²) in [5.74, 6) is 0. The Balaban J connectivity index is 2.46. The quantitative estimate of drug-likeness (QED) is 0.695. The van der Waals surface area contributed by atoms with Gasteiger partial charge in [-0.1, -0.05) is 17.7 Å². The van der Waals surface area contributed by atoms with Crippen molar-refractivity contribution >= 4 is 35.0 Å². The first-order valence-electron chi connectivity index (χ1n) is 5.90. The molecule has 0 radical (unpaired) electrons. The second-order valence-corrected chi connectivity index (χ2v) is 5.35. The first-order chi connectivity index (χ1) is 9.00. The normalized spacial score (nSPS) is 11.4. The number of nitrogens with zero attached hydrogens (tertiary/aromatic N) is 3. The Morgan fingerprint density at radius 2 is 2.05 bits per heavy atom. The lowest BCUT2D eigenvalue weighted by atomic mass is 10.2. The van der Waals surface area contributed by atoms with Crippen LogP contribution in [0, 0.1) is 18.6 Å². The first-order valence-corrected chi connectivity index (χ1v) is 6.69. The molecule has 0 aliphatic rings. The summed E-state index contributed by atoms with van der Waals surface area (Å²) in [6.07, 6.45) is 0. The van der Waals surface area contributed by atoms with Crippen LogP contribution in [0.1, 0.15) is 11.3 Å². The lowest BCUT2D eigenvalue weighted by Crippen LogP contribution is -2.02. The molecule has 0 fully saturated rings. The van der Waals surface area contributed by atoms with Crippen LogP contribution in [-0.2, 0) is 7.05 Å². The topological polar surface area (TPSA) is 38.5 Å². The molecule has 6 heteroatoms. The maximum Gasteiger partial charge on any atom is 0.184 e. The van der Waals surface area contributed by atoms with Crippen molar-refractivity contribution in [2.75, 3.05) is 0 Å². The molecule has 0 bridgehead atoms. The fourth-order valence-corrected chi connectivity index (χ4v) is 2.83. The molecule has 0 aliphatic carbocycles. The first kappa shape index (κ1) is 12.4. The Morgan fingerprint density at radius 1 is 1.32 bits per heavy atom. The third-order valence-corrected chi connectivity index (χ3v) is 4.01. The summed E-state index contributed by atoms with van der Waals surface area (Å²) in [6, 6.07) is 5.81. The zero-order valence-electron chi connectivity index (χ0n) is 10.9. The van der Waals surface area contributed by atoms with E-state index in [-0.39, 0.29) is 0 Å². The molecule has 98 valence electrons. The number of fused-ring (bicyclic) bond motifs is 1. The molecule has 2 heterocycles. The molecule has 0 unspecified atom stereocenters. The molecule has 0 saturated carbocycles. The smallest absolute Gasteiger partial charge is 0.184 e. The van der Waals surface area contributed by atoms with Crippen LogP contribution >= 0.6 is 23.8 Å². The molecule has 1 N–H and O–H groups in total. The van der Waals surface area contributed by atoms with E-state index in [0.29, 0.717) is 4.77 Å². The van der Waals surface area contributed by atoms with Gasteiger partial charge in [0, 0.05) is 12.1 Å². The largest absolute Gasteiger partial charge is 0.327 e. The number of benzene rings is 1. The van der Waals surface area contributed by atoms with Crippen LogP contribution in [0.15, 0.2) is 18.2 Å². The van der Waals surface area contributed by atoms with Crippen molar-refractivity contribution in [2.45, 2.75) is 13.8 Å². The lowest BCUT2D eigenvalue weighted by Gasteiger charge is -2.09. The number of aryl methyl sites for hydroxylation is 2. The molecule has 0 atom stereocenters. The minimum atomic E-state index is 0.650. The number of aromatic amines is 1. The molecular weight excluding hydrogens is 280 g/mol. The average molecular weight is 293 g/mol. The van der Waals surface area contributed by atoms with Crippen molar-refractivity contribution < 1.29 is 0 Å². The van der Waals surface area contributed by atoms with Gasteiger partial charge in [-0.2, -0.15) is 5.10 Å². The summed E-state index contributed by atoms with van der Waals surface area (Å²) < 4.78 is 4.46. The molecule has 0 aliphatic heterocycles. The van der Waals surface area contributed by atoms with E-state index in [2.05, 4.69) is 10.1 Å². The predicted octanol–water partition coefficient (Wildman–Crippen LogP) is 3.69. The Kier molecular flexibility index (Phi) is 2.76. The van der Waals surface area contributed by atoms with E-state index in [1.807, 2.05) is 48.3 Å². The fraction of sp³-hybridized carbons (Fsp3) is 0.231. The highest BCUT2D eigenvalue weighted by molar-refractivity contribution is 7.71. The van der Waals surface area contributed by atoms with E-state index in [0.717, 1.165) is 33.1 Å².